The molecule has 0 aromatic heterocycles. The average molecular weight is 263 g/mol. The van der Waals surface area contributed by atoms with Crippen molar-refractivity contribution >= 4 is 0 Å². The molecule has 19 heavy (non-hydrogen) atoms. The Morgan fingerprint density at radius 1 is 1.11 bits per heavy atom. The molecule has 2 aliphatic rings. The Bertz CT molecular complexity index is 449. The van der Waals surface area contributed by atoms with Crippen LogP contribution in [0.3, 0.4) is 0 Å². The second kappa shape index (κ2) is 5.39. The topological polar surface area (TPSA) is 39.7 Å². The Kier molecular flexibility index (Phi) is 3.62. The molecular weight excluding hydrogens is 242 g/mol. The molecule has 0 aliphatic carbocycles. The van der Waals surface area contributed by atoms with Crippen molar-refractivity contribution in [2.45, 2.75) is 38.5 Å². The van der Waals surface area contributed by atoms with Crippen LogP contribution in [0.2, 0.25) is 0 Å². The van der Waals surface area contributed by atoms with Crippen LogP contribution >= 0.6 is 0 Å². The molecule has 2 heterocycles. The van der Waals surface area contributed by atoms with Gasteiger partial charge in [0, 0.05) is 19.0 Å². The lowest BCUT2D eigenvalue weighted by molar-refractivity contribution is -0.0509. The van der Waals surface area contributed by atoms with E-state index in [-0.39, 0.29) is 12.2 Å². The zero-order valence-electron chi connectivity index (χ0n) is 11.5. The average Bonchev–Trinajstić information content (AvgIpc) is 2.66. The SMILES string of the molecule is CC1NCC(c2ccc3c(c2)OCCCO3)OC1C. The Hall–Kier alpha value is -1.26. The van der Waals surface area contributed by atoms with Crippen molar-refractivity contribution in [1.29, 1.82) is 0 Å². The highest BCUT2D eigenvalue weighted by Crippen LogP contribution is 2.34. The first-order valence-electron chi connectivity index (χ1n) is 7.02. The van der Waals surface area contributed by atoms with Crippen molar-refractivity contribution in [2.75, 3.05) is 19.8 Å². The second-order valence-electron chi connectivity index (χ2n) is 5.28. The Morgan fingerprint density at radius 3 is 2.68 bits per heavy atom. The maximum Gasteiger partial charge on any atom is 0.161 e. The number of ether oxygens (including phenoxy) is 3. The van der Waals surface area contributed by atoms with E-state index in [9.17, 15) is 0 Å². The minimum absolute atomic E-state index is 0.0864. The van der Waals surface area contributed by atoms with Gasteiger partial charge in [0.05, 0.1) is 25.4 Å². The van der Waals surface area contributed by atoms with Gasteiger partial charge in [-0.2, -0.15) is 0 Å². The largest absolute Gasteiger partial charge is 0.490 e. The fourth-order valence-corrected chi connectivity index (χ4v) is 2.46. The first-order valence-corrected chi connectivity index (χ1v) is 7.02. The fourth-order valence-electron chi connectivity index (χ4n) is 2.46. The predicted octanol–water partition coefficient (Wildman–Crippen LogP) is 2.29. The molecule has 0 spiro atoms. The first kappa shape index (κ1) is 12.8. The number of hydrogen-bond donors (Lipinski definition) is 1. The molecule has 4 heteroatoms. The van der Waals surface area contributed by atoms with E-state index in [4.69, 9.17) is 14.2 Å². The van der Waals surface area contributed by atoms with Crippen LogP contribution in [-0.4, -0.2) is 31.9 Å². The van der Waals surface area contributed by atoms with E-state index in [2.05, 4.69) is 31.3 Å². The number of nitrogens with one attached hydrogen (secondary N) is 1. The van der Waals surface area contributed by atoms with Gasteiger partial charge < -0.3 is 19.5 Å². The van der Waals surface area contributed by atoms with Gasteiger partial charge >= 0.3 is 0 Å². The van der Waals surface area contributed by atoms with Crippen LogP contribution in [0, 0.1) is 0 Å². The van der Waals surface area contributed by atoms with E-state index < -0.39 is 0 Å². The van der Waals surface area contributed by atoms with Gasteiger partial charge in [-0.3, -0.25) is 0 Å². The van der Waals surface area contributed by atoms with Crippen molar-refractivity contribution < 1.29 is 14.2 Å². The van der Waals surface area contributed by atoms with Gasteiger partial charge in [0.1, 0.15) is 0 Å². The van der Waals surface area contributed by atoms with E-state index in [1.165, 1.54) is 0 Å². The second-order valence-corrected chi connectivity index (χ2v) is 5.28. The molecule has 3 rings (SSSR count). The van der Waals surface area contributed by atoms with Gasteiger partial charge in [-0.1, -0.05) is 6.07 Å². The highest BCUT2D eigenvalue weighted by Gasteiger charge is 2.26. The molecule has 0 bridgehead atoms. The van der Waals surface area contributed by atoms with Gasteiger partial charge in [0.2, 0.25) is 0 Å². The molecule has 3 unspecified atom stereocenters. The fraction of sp³-hybridized carbons (Fsp3) is 0.600. The summed E-state index contributed by atoms with van der Waals surface area (Å²) in [6.07, 6.45) is 1.23. The lowest BCUT2D eigenvalue weighted by Gasteiger charge is -2.34. The van der Waals surface area contributed by atoms with Crippen LogP contribution in [0.4, 0.5) is 0 Å². The molecule has 1 aromatic rings. The van der Waals surface area contributed by atoms with Crippen LogP contribution in [0.25, 0.3) is 0 Å². The zero-order chi connectivity index (χ0) is 13.2. The van der Waals surface area contributed by atoms with Crippen molar-refractivity contribution in [3.05, 3.63) is 23.8 Å². The van der Waals surface area contributed by atoms with Crippen molar-refractivity contribution in [1.82, 2.24) is 5.32 Å². The summed E-state index contributed by atoms with van der Waals surface area (Å²) < 4.78 is 17.4. The molecule has 3 atom stereocenters. The standard InChI is InChI=1S/C15H21NO3/c1-10-11(2)19-15(9-16-10)12-4-5-13-14(8-12)18-7-3-6-17-13/h4-5,8,10-11,15-16H,3,6-7,9H2,1-2H3. The van der Waals surface area contributed by atoms with E-state index in [1.807, 2.05) is 6.07 Å². The number of fused-ring (bicyclic) bond motifs is 1. The molecule has 0 saturated carbocycles. The highest BCUT2D eigenvalue weighted by molar-refractivity contribution is 5.44. The van der Waals surface area contributed by atoms with Crippen LogP contribution in [0.5, 0.6) is 11.5 Å². The Labute approximate surface area is 114 Å². The van der Waals surface area contributed by atoms with E-state index in [1.54, 1.807) is 0 Å². The smallest absolute Gasteiger partial charge is 0.161 e. The van der Waals surface area contributed by atoms with Gasteiger partial charge in [-0.15, -0.1) is 0 Å². The molecule has 1 fully saturated rings. The molecule has 1 saturated heterocycles. The number of benzene rings is 1. The first-order chi connectivity index (χ1) is 9.24. The van der Waals surface area contributed by atoms with Crippen LogP contribution in [0.15, 0.2) is 18.2 Å². The lowest BCUT2D eigenvalue weighted by Crippen LogP contribution is -2.46. The third kappa shape index (κ3) is 2.69. The van der Waals surface area contributed by atoms with Gasteiger partial charge in [-0.25, -0.2) is 0 Å². The van der Waals surface area contributed by atoms with E-state index in [0.29, 0.717) is 12.6 Å². The summed E-state index contributed by atoms with van der Waals surface area (Å²) in [7, 11) is 0. The normalized spacial score (nSPS) is 30.7. The van der Waals surface area contributed by atoms with E-state index >= 15 is 0 Å². The third-order valence-corrected chi connectivity index (χ3v) is 3.85. The summed E-state index contributed by atoms with van der Waals surface area (Å²) in [6, 6.07) is 6.51. The van der Waals surface area contributed by atoms with Gasteiger partial charge in [0.15, 0.2) is 11.5 Å². The summed E-state index contributed by atoms with van der Waals surface area (Å²) in [5.41, 5.74) is 1.15. The molecule has 2 aliphatic heterocycles. The van der Waals surface area contributed by atoms with Gasteiger partial charge in [-0.05, 0) is 31.5 Å². The Morgan fingerprint density at radius 2 is 1.89 bits per heavy atom. The highest BCUT2D eigenvalue weighted by atomic mass is 16.5. The van der Waals surface area contributed by atoms with E-state index in [0.717, 1.165) is 36.6 Å². The maximum atomic E-state index is 6.05. The summed E-state index contributed by atoms with van der Waals surface area (Å²) in [6.45, 7) is 6.53. The maximum absolute atomic E-state index is 6.05. The quantitative estimate of drug-likeness (QED) is 0.844. The Balaban J connectivity index is 1.80. The summed E-state index contributed by atoms with van der Waals surface area (Å²) in [5, 5.41) is 3.48. The molecule has 4 nitrogen and oxygen atoms in total. The lowest BCUT2D eigenvalue weighted by atomic mass is 10.0. The molecule has 1 aromatic carbocycles. The monoisotopic (exact) mass is 263 g/mol. The molecule has 1 N–H and O–H groups in total. The summed E-state index contributed by atoms with van der Waals surface area (Å²) in [5.74, 6) is 1.68. The number of hydrogen-bond acceptors (Lipinski definition) is 4. The number of morpholine rings is 1. The van der Waals surface area contributed by atoms with Crippen LogP contribution < -0.4 is 14.8 Å². The summed E-state index contributed by atoms with van der Waals surface area (Å²) in [4.78, 5) is 0. The van der Waals surface area contributed by atoms with Gasteiger partial charge in [0.25, 0.3) is 0 Å². The van der Waals surface area contributed by atoms with Crippen LogP contribution in [0.1, 0.15) is 31.9 Å². The van der Waals surface area contributed by atoms with Crippen molar-refractivity contribution in [3.8, 4) is 11.5 Å². The minimum atomic E-state index is 0.0864. The molecule has 0 amide bonds. The van der Waals surface area contributed by atoms with Crippen molar-refractivity contribution in [2.24, 2.45) is 0 Å². The number of rotatable bonds is 1. The van der Waals surface area contributed by atoms with Crippen molar-refractivity contribution in [3.63, 3.8) is 0 Å². The predicted molar refractivity (Wildman–Crippen MR) is 72.8 cm³/mol. The molecular formula is C15H21NO3. The minimum Gasteiger partial charge on any atom is -0.490 e. The summed E-state index contributed by atoms with van der Waals surface area (Å²) >= 11 is 0. The zero-order valence-corrected chi connectivity index (χ0v) is 11.5. The molecule has 104 valence electrons. The third-order valence-electron chi connectivity index (χ3n) is 3.85. The molecule has 0 radical (unpaired) electrons. The van der Waals surface area contributed by atoms with Crippen LogP contribution in [-0.2, 0) is 4.74 Å².